The molecular weight excluding hydrogens is 402 g/mol. The SMILES string of the molecule is C/C=C/c1ccc(OCC(=O)Nc2cc(Cl)ccc2N2CCN(C)CC2)c(OC)c1. The van der Waals surface area contributed by atoms with Crippen molar-refractivity contribution in [2.75, 3.05) is 57.2 Å². The zero-order chi connectivity index (χ0) is 21.5. The van der Waals surface area contributed by atoms with E-state index >= 15 is 0 Å². The summed E-state index contributed by atoms with van der Waals surface area (Å²) in [6, 6.07) is 11.2. The lowest BCUT2D eigenvalue weighted by Gasteiger charge is -2.35. The van der Waals surface area contributed by atoms with E-state index in [2.05, 4.69) is 22.2 Å². The first-order valence-corrected chi connectivity index (χ1v) is 10.3. The molecule has 0 aromatic heterocycles. The number of nitrogens with one attached hydrogen (secondary N) is 1. The number of amides is 1. The second-order valence-corrected chi connectivity index (χ2v) is 7.64. The van der Waals surface area contributed by atoms with Gasteiger partial charge in [-0.05, 0) is 49.9 Å². The first kappa shape index (κ1) is 22.0. The molecule has 2 aromatic carbocycles. The molecule has 1 aliphatic heterocycles. The van der Waals surface area contributed by atoms with Crippen LogP contribution in [0.25, 0.3) is 6.08 Å². The number of carbonyl (C=O) groups is 1. The number of nitrogens with zero attached hydrogens (tertiary/aromatic N) is 2. The Morgan fingerprint density at radius 3 is 2.60 bits per heavy atom. The van der Waals surface area contributed by atoms with Crippen molar-refractivity contribution in [3.63, 3.8) is 0 Å². The normalized spacial score (nSPS) is 14.7. The summed E-state index contributed by atoms with van der Waals surface area (Å²) in [5.41, 5.74) is 2.66. The third-order valence-electron chi connectivity index (χ3n) is 4.98. The molecule has 2 aromatic rings. The molecule has 6 nitrogen and oxygen atoms in total. The molecule has 0 atom stereocenters. The number of anilines is 2. The molecule has 1 saturated heterocycles. The Balaban J connectivity index is 1.67. The van der Waals surface area contributed by atoms with Crippen LogP contribution in [0.15, 0.2) is 42.5 Å². The van der Waals surface area contributed by atoms with Gasteiger partial charge in [0.25, 0.3) is 5.91 Å². The van der Waals surface area contributed by atoms with Crippen molar-refractivity contribution < 1.29 is 14.3 Å². The van der Waals surface area contributed by atoms with E-state index in [1.54, 1.807) is 19.2 Å². The highest BCUT2D eigenvalue weighted by atomic mass is 35.5. The molecule has 160 valence electrons. The van der Waals surface area contributed by atoms with Gasteiger partial charge in [0, 0.05) is 31.2 Å². The van der Waals surface area contributed by atoms with Crippen molar-refractivity contribution in [2.24, 2.45) is 0 Å². The molecular formula is C23H28ClN3O3. The molecule has 0 radical (unpaired) electrons. The minimum atomic E-state index is -0.257. The fourth-order valence-corrected chi connectivity index (χ4v) is 3.53. The zero-order valence-electron chi connectivity index (χ0n) is 17.7. The van der Waals surface area contributed by atoms with E-state index < -0.39 is 0 Å². The van der Waals surface area contributed by atoms with Crippen LogP contribution < -0.4 is 19.7 Å². The maximum atomic E-state index is 12.6. The number of allylic oxidation sites excluding steroid dienone is 1. The fraction of sp³-hybridized carbons (Fsp3) is 0.348. The molecule has 7 heteroatoms. The van der Waals surface area contributed by atoms with Gasteiger partial charge in [0.2, 0.25) is 0 Å². The topological polar surface area (TPSA) is 54.0 Å². The molecule has 1 fully saturated rings. The van der Waals surface area contributed by atoms with Gasteiger partial charge in [-0.15, -0.1) is 0 Å². The van der Waals surface area contributed by atoms with E-state index in [9.17, 15) is 4.79 Å². The molecule has 0 saturated carbocycles. The standard InChI is InChI=1S/C23H28ClN3O3/c1-4-5-17-6-9-21(22(14-17)29-3)30-16-23(28)25-19-15-18(24)7-8-20(19)27-12-10-26(2)11-13-27/h4-9,14-15H,10-13,16H2,1-3H3,(H,25,28)/b5-4+. The molecule has 1 aliphatic rings. The van der Waals surface area contributed by atoms with Crippen LogP contribution in [0, 0.1) is 0 Å². The van der Waals surface area contributed by atoms with Crippen molar-refractivity contribution >= 4 is 35.0 Å². The lowest BCUT2D eigenvalue weighted by atomic mass is 10.2. The average Bonchev–Trinajstić information content (AvgIpc) is 2.74. The van der Waals surface area contributed by atoms with Gasteiger partial charge in [0.1, 0.15) is 0 Å². The molecule has 0 unspecified atom stereocenters. The van der Waals surface area contributed by atoms with E-state index in [-0.39, 0.29) is 12.5 Å². The molecule has 1 N–H and O–H groups in total. The van der Waals surface area contributed by atoms with Gasteiger partial charge in [-0.2, -0.15) is 0 Å². The Morgan fingerprint density at radius 1 is 1.13 bits per heavy atom. The van der Waals surface area contributed by atoms with Crippen LogP contribution in [-0.4, -0.2) is 57.8 Å². The predicted octanol–water partition coefficient (Wildman–Crippen LogP) is 4.15. The summed E-state index contributed by atoms with van der Waals surface area (Å²) in [6.07, 6.45) is 3.92. The molecule has 0 bridgehead atoms. The Morgan fingerprint density at radius 2 is 1.90 bits per heavy atom. The van der Waals surface area contributed by atoms with Crippen LogP contribution >= 0.6 is 11.6 Å². The fourth-order valence-electron chi connectivity index (χ4n) is 3.36. The van der Waals surface area contributed by atoms with Gasteiger partial charge in [0.05, 0.1) is 18.5 Å². The monoisotopic (exact) mass is 429 g/mol. The Bertz CT molecular complexity index is 909. The smallest absolute Gasteiger partial charge is 0.262 e. The maximum absolute atomic E-state index is 12.6. The Kier molecular flexibility index (Phi) is 7.60. The number of rotatable bonds is 7. The molecule has 0 spiro atoms. The summed E-state index contributed by atoms with van der Waals surface area (Å²) >= 11 is 6.18. The molecule has 1 amide bonds. The van der Waals surface area contributed by atoms with Gasteiger partial charge in [0.15, 0.2) is 18.1 Å². The molecule has 0 aliphatic carbocycles. The molecule has 1 heterocycles. The highest BCUT2D eigenvalue weighted by Gasteiger charge is 2.18. The van der Waals surface area contributed by atoms with Crippen LogP contribution in [0.3, 0.4) is 0 Å². The summed E-state index contributed by atoms with van der Waals surface area (Å²) in [4.78, 5) is 17.1. The number of hydrogen-bond donors (Lipinski definition) is 1. The number of benzene rings is 2. The Labute approximate surface area is 183 Å². The molecule has 3 rings (SSSR count). The quantitative estimate of drug-likeness (QED) is 0.716. The number of likely N-dealkylation sites (N-methyl/N-ethyl adjacent to an activating group) is 1. The second kappa shape index (κ2) is 10.4. The van der Waals surface area contributed by atoms with E-state index in [4.69, 9.17) is 21.1 Å². The third kappa shape index (κ3) is 5.68. The first-order valence-electron chi connectivity index (χ1n) is 9.96. The van der Waals surface area contributed by atoms with Crippen LogP contribution in [0.5, 0.6) is 11.5 Å². The summed E-state index contributed by atoms with van der Waals surface area (Å²) in [5, 5.41) is 3.52. The average molecular weight is 430 g/mol. The second-order valence-electron chi connectivity index (χ2n) is 7.20. The van der Waals surface area contributed by atoms with Gasteiger partial charge in [-0.25, -0.2) is 0 Å². The van der Waals surface area contributed by atoms with E-state index in [0.29, 0.717) is 22.2 Å². The van der Waals surface area contributed by atoms with Gasteiger partial charge in [-0.1, -0.05) is 29.8 Å². The van der Waals surface area contributed by atoms with Crippen molar-refractivity contribution in [1.82, 2.24) is 4.90 Å². The summed E-state index contributed by atoms with van der Waals surface area (Å²) in [7, 11) is 3.69. The number of piperazine rings is 1. The molecule has 30 heavy (non-hydrogen) atoms. The van der Waals surface area contributed by atoms with E-state index in [1.807, 2.05) is 43.3 Å². The van der Waals surface area contributed by atoms with Crippen LogP contribution in [0.4, 0.5) is 11.4 Å². The van der Waals surface area contributed by atoms with E-state index in [0.717, 1.165) is 37.4 Å². The minimum Gasteiger partial charge on any atom is -0.493 e. The van der Waals surface area contributed by atoms with Crippen LogP contribution in [0.2, 0.25) is 5.02 Å². The summed E-state index contributed by atoms with van der Waals surface area (Å²) in [5.74, 6) is 0.845. The van der Waals surface area contributed by atoms with Crippen LogP contribution in [0.1, 0.15) is 12.5 Å². The van der Waals surface area contributed by atoms with Crippen molar-refractivity contribution in [2.45, 2.75) is 6.92 Å². The van der Waals surface area contributed by atoms with Crippen molar-refractivity contribution in [1.29, 1.82) is 0 Å². The number of ether oxygens (including phenoxy) is 2. The summed E-state index contributed by atoms with van der Waals surface area (Å²) in [6.45, 7) is 5.56. The van der Waals surface area contributed by atoms with Crippen molar-refractivity contribution in [3.8, 4) is 11.5 Å². The van der Waals surface area contributed by atoms with Gasteiger partial charge in [-0.3, -0.25) is 4.79 Å². The van der Waals surface area contributed by atoms with Crippen molar-refractivity contribution in [3.05, 3.63) is 53.1 Å². The minimum absolute atomic E-state index is 0.131. The first-order chi connectivity index (χ1) is 14.5. The third-order valence-corrected chi connectivity index (χ3v) is 5.22. The maximum Gasteiger partial charge on any atom is 0.262 e. The highest BCUT2D eigenvalue weighted by molar-refractivity contribution is 6.31. The largest absolute Gasteiger partial charge is 0.493 e. The number of carbonyl (C=O) groups excluding carboxylic acids is 1. The lowest BCUT2D eigenvalue weighted by molar-refractivity contribution is -0.118. The van der Waals surface area contributed by atoms with Gasteiger partial charge < -0.3 is 24.6 Å². The number of methoxy groups -OCH3 is 1. The zero-order valence-corrected chi connectivity index (χ0v) is 18.4. The lowest BCUT2D eigenvalue weighted by Crippen LogP contribution is -2.44. The number of hydrogen-bond acceptors (Lipinski definition) is 5. The van der Waals surface area contributed by atoms with Crippen LogP contribution in [-0.2, 0) is 4.79 Å². The van der Waals surface area contributed by atoms with Gasteiger partial charge >= 0.3 is 0 Å². The predicted molar refractivity (Wildman–Crippen MR) is 123 cm³/mol. The summed E-state index contributed by atoms with van der Waals surface area (Å²) < 4.78 is 11.1. The number of halogens is 1. The Hall–Kier alpha value is -2.70. The van der Waals surface area contributed by atoms with E-state index in [1.165, 1.54) is 0 Å². The highest BCUT2D eigenvalue weighted by Crippen LogP contribution is 2.31.